The predicted molar refractivity (Wildman–Crippen MR) is 69.4 cm³/mol. The molecule has 0 saturated heterocycles. The number of carboxylic acid groups (broad SMARTS) is 1. The molecule has 1 aromatic heterocycles. The number of aromatic nitrogens is 1. The van der Waals surface area contributed by atoms with Gasteiger partial charge >= 0.3 is 5.97 Å². The van der Waals surface area contributed by atoms with Gasteiger partial charge in [0.25, 0.3) is 0 Å². The molecule has 1 aromatic carbocycles. The molecule has 0 aliphatic heterocycles. The summed E-state index contributed by atoms with van der Waals surface area (Å²) in [6.07, 6.45) is 0. The number of hydrogen-bond acceptors (Lipinski definition) is 2. The van der Waals surface area contributed by atoms with Gasteiger partial charge < -0.3 is 14.4 Å². The third-order valence-corrected chi connectivity index (χ3v) is 3.01. The first-order valence-corrected chi connectivity index (χ1v) is 5.65. The van der Waals surface area contributed by atoms with Crippen LogP contribution in [0.15, 0.2) is 30.3 Å². The van der Waals surface area contributed by atoms with Gasteiger partial charge in [0.05, 0.1) is 12.8 Å². The van der Waals surface area contributed by atoms with E-state index in [4.69, 9.17) is 21.4 Å². The molecule has 0 radical (unpaired) electrons. The van der Waals surface area contributed by atoms with Gasteiger partial charge in [0.1, 0.15) is 11.4 Å². The van der Waals surface area contributed by atoms with Gasteiger partial charge in [0.15, 0.2) is 0 Å². The summed E-state index contributed by atoms with van der Waals surface area (Å²) in [6, 6.07) is 8.52. The topological polar surface area (TPSA) is 51.5 Å². The SMILES string of the molecule is COc1ccc(Cl)cc1-c1ccc(C(=O)O)n1C. The molecular weight excluding hydrogens is 254 g/mol. The number of carbonyl (C=O) groups is 1. The molecule has 0 atom stereocenters. The van der Waals surface area contributed by atoms with E-state index in [-0.39, 0.29) is 5.69 Å². The minimum Gasteiger partial charge on any atom is -0.496 e. The number of aromatic carboxylic acids is 1. The van der Waals surface area contributed by atoms with Gasteiger partial charge in [-0.3, -0.25) is 0 Å². The number of benzene rings is 1. The van der Waals surface area contributed by atoms with Gasteiger partial charge in [0.2, 0.25) is 0 Å². The van der Waals surface area contributed by atoms with Crippen LogP contribution in [0.4, 0.5) is 0 Å². The first kappa shape index (κ1) is 12.5. The lowest BCUT2D eigenvalue weighted by Crippen LogP contribution is -2.05. The van der Waals surface area contributed by atoms with Crippen molar-refractivity contribution < 1.29 is 14.6 Å². The Morgan fingerprint density at radius 1 is 1.33 bits per heavy atom. The van der Waals surface area contributed by atoms with Crippen LogP contribution >= 0.6 is 11.6 Å². The van der Waals surface area contributed by atoms with Gasteiger partial charge in [-0.15, -0.1) is 0 Å². The summed E-state index contributed by atoms with van der Waals surface area (Å²) >= 11 is 5.96. The van der Waals surface area contributed by atoms with Crippen molar-refractivity contribution in [3.8, 4) is 17.0 Å². The van der Waals surface area contributed by atoms with Crippen LogP contribution in [0.25, 0.3) is 11.3 Å². The number of halogens is 1. The number of hydrogen-bond donors (Lipinski definition) is 1. The molecule has 1 N–H and O–H groups in total. The van der Waals surface area contributed by atoms with E-state index >= 15 is 0 Å². The van der Waals surface area contributed by atoms with E-state index in [2.05, 4.69) is 0 Å². The van der Waals surface area contributed by atoms with E-state index in [1.165, 1.54) is 0 Å². The standard InChI is InChI=1S/C13H12ClNO3/c1-15-10(4-5-11(15)13(16)17)9-7-8(14)3-6-12(9)18-2/h3-7H,1-2H3,(H,16,17). The zero-order valence-electron chi connectivity index (χ0n) is 9.98. The quantitative estimate of drug-likeness (QED) is 0.928. The summed E-state index contributed by atoms with van der Waals surface area (Å²) in [4.78, 5) is 11.0. The summed E-state index contributed by atoms with van der Waals surface area (Å²) < 4.78 is 6.85. The second-order valence-corrected chi connectivity index (χ2v) is 4.25. The van der Waals surface area contributed by atoms with Crippen LogP contribution in [0.2, 0.25) is 5.02 Å². The molecule has 0 bridgehead atoms. The fourth-order valence-electron chi connectivity index (χ4n) is 1.88. The van der Waals surface area contributed by atoms with Gasteiger partial charge in [-0.05, 0) is 30.3 Å². The molecule has 0 unspecified atom stereocenters. The Balaban J connectivity index is 2.61. The molecule has 1 heterocycles. The highest BCUT2D eigenvalue weighted by molar-refractivity contribution is 6.31. The van der Waals surface area contributed by atoms with E-state index in [1.54, 1.807) is 49.1 Å². The minimum atomic E-state index is -0.968. The molecule has 0 amide bonds. The molecule has 2 rings (SSSR count). The summed E-state index contributed by atoms with van der Waals surface area (Å²) in [5.41, 5.74) is 1.72. The maximum absolute atomic E-state index is 11.0. The van der Waals surface area contributed by atoms with Crippen molar-refractivity contribution in [1.29, 1.82) is 0 Å². The molecule has 5 heteroatoms. The van der Waals surface area contributed by atoms with Crippen LogP contribution in [0, 0.1) is 0 Å². The van der Waals surface area contributed by atoms with Crippen molar-refractivity contribution in [2.45, 2.75) is 0 Å². The highest BCUT2D eigenvalue weighted by Gasteiger charge is 2.15. The zero-order chi connectivity index (χ0) is 13.3. The van der Waals surface area contributed by atoms with Gasteiger partial charge in [-0.2, -0.15) is 0 Å². The molecule has 0 aliphatic rings. The summed E-state index contributed by atoms with van der Waals surface area (Å²) in [5, 5.41) is 9.60. The average Bonchev–Trinajstić information content (AvgIpc) is 2.71. The Morgan fingerprint density at radius 2 is 2.06 bits per heavy atom. The highest BCUT2D eigenvalue weighted by atomic mass is 35.5. The molecule has 4 nitrogen and oxygen atoms in total. The number of methoxy groups -OCH3 is 1. The Hall–Kier alpha value is -1.94. The number of rotatable bonds is 3. The summed E-state index contributed by atoms with van der Waals surface area (Å²) in [5.74, 6) is -0.317. The van der Waals surface area contributed by atoms with Crippen LogP contribution in [0.5, 0.6) is 5.75 Å². The van der Waals surface area contributed by atoms with Crippen molar-refractivity contribution >= 4 is 17.6 Å². The largest absolute Gasteiger partial charge is 0.496 e. The van der Waals surface area contributed by atoms with Crippen molar-refractivity contribution in [2.24, 2.45) is 7.05 Å². The molecular formula is C13H12ClNO3. The Bertz CT molecular complexity index is 604. The van der Waals surface area contributed by atoms with Crippen LogP contribution < -0.4 is 4.74 Å². The maximum atomic E-state index is 11.0. The van der Waals surface area contributed by atoms with Gasteiger partial charge in [-0.25, -0.2) is 4.79 Å². The van der Waals surface area contributed by atoms with E-state index in [0.29, 0.717) is 10.8 Å². The van der Waals surface area contributed by atoms with Crippen LogP contribution in [0.3, 0.4) is 0 Å². The normalized spacial score (nSPS) is 10.4. The second kappa shape index (κ2) is 4.74. The minimum absolute atomic E-state index is 0.215. The molecule has 94 valence electrons. The molecule has 0 aliphatic carbocycles. The highest BCUT2D eigenvalue weighted by Crippen LogP contribution is 2.33. The van der Waals surface area contributed by atoms with Crippen LogP contribution in [-0.2, 0) is 7.05 Å². The van der Waals surface area contributed by atoms with E-state index in [1.807, 2.05) is 0 Å². The molecule has 2 aromatic rings. The third-order valence-electron chi connectivity index (χ3n) is 2.78. The van der Waals surface area contributed by atoms with Crippen LogP contribution in [0.1, 0.15) is 10.5 Å². The van der Waals surface area contributed by atoms with E-state index in [0.717, 1.165) is 11.3 Å². The predicted octanol–water partition coefficient (Wildman–Crippen LogP) is 3.05. The Labute approximate surface area is 109 Å². The monoisotopic (exact) mass is 265 g/mol. The van der Waals surface area contributed by atoms with E-state index in [9.17, 15) is 4.79 Å². The molecule has 0 spiro atoms. The lowest BCUT2D eigenvalue weighted by molar-refractivity contribution is 0.0686. The molecule has 0 saturated carbocycles. The van der Waals surface area contributed by atoms with Gasteiger partial charge in [-0.1, -0.05) is 11.6 Å². The van der Waals surface area contributed by atoms with Crippen LogP contribution in [-0.4, -0.2) is 22.8 Å². The first-order valence-electron chi connectivity index (χ1n) is 5.27. The molecule has 18 heavy (non-hydrogen) atoms. The third kappa shape index (κ3) is 2.07. The molecule has 0 fully saturated rings. The summed E-state index contributed by atoms with van der Waals surface area (Å²) in [6.45, 7) is 0. The second-order valence-electron chi connectivity index (χ2n) is 3.81. The fraction of sp³-hybridized carbons (Fsp3) is 0.154. The Morgan fingerprint density at radius 3 is 2.61 bits per heavy atom. The number of ether oxygens (including phenoxy) is 1. The van der Waals surface area contributed by atoms with Crippen molar-refractivity contribution in [2.75, 3.05) is 7.11 Å². The number of nitrogens with zero attached hydrogens (tertiary/aromatic N) is 1. The average molecular weight is 266 g/mol. The number of carboxylic acids is 1. The lowest BCUT2D eigenvalue weighted by Gasteiger charge is -2.10. The fourth-order valence-corrected chi connectivity index (χ4v) is 2.05. The first-order chi connectivity index (χ1) is 8.54. The summed E-state index contributed by atoms with van der Waals surface area (Å²) in [7, 11) is 3.26. The smallest absolute Gasteiger partial charge is 0.352 e. The zero-order valence-corrected chi connectivity index (χ0v) is 10.7. The van der Waals surface area contributed by atoms with E-state index < -0.39 is 5.97 Å². The van der Waals surface area contributed by atoms with Gasteiger partial charge in [0, 0.05) is 17.6 Å². The Kier molecular flexibility index (Phi) is 3.30. The lowest BCUT2D eigenvalue weighted by atomic mass is 10.1. The van der Waals surface area contributed by atoms with Crippen molar-refractivity contribution in [1.82, 2.24) is 4.57 Å². The maximum Gasteiger partial charge on any atom is 0.352 e. The van der Waals surface area contributed by atoms with Crippen molar-refractivity contribution in [3.05, 3.63) is 41.0 Å². The van der Waals surface area contributed by atoms with Crippen molar-refractivity contribution in [3.63, 3.8) is 0 Å².